The zero-order chi connectivity index (χ0) is 18.8. The van der Waals surface area contributed by atoms with Gasteiger partial charge in [0, 0.05) is 13.0 Å². The summed E-state index contributed by atoms with van der Waals surface area (Å²) in [6.07, 6.45) is 0. The van der Waals surface area contributed by atoms with Crippen LogP contribution in [0.2, 0.25) is 0 Å². The molecule has 2 aromatic carbocycles. The van der Waals surface area contributed by atoms with E-state index < -0.39 is 16.0 Å². The van der Waals surface area contributed by atoms with Gasteiger partial charge in [0.15, 0.2) is 11.5 Å². The van der Waals surface area contributed by atoms with E-state index in [1.54, 1.807) is 26.0 Å². The first-order chi connectivity index (χ1) is 11.7. The van der Waals surface area contributed by atoms with Gasteiger partial charge in [0.25, 0.3) is 10.0 Å². The fourth-order valence-corrected chi connectivity index (χ4v) is 3.49. The van der Waals surface area contributed by atoms with Crippen molar-refractivity contribution in [3.8, 4) is 11.5 Å². The van der Waals surface area contributed by atoms with Crippen molar-refractivity contribution < 1.29 is 22.7 Å². The number of carbonyl (C=O) groups is 1. The molecule has 1 N–H and O–H groups in total. The van der Waals surface area contributed by atoms with Gasteiger partial charge in [-0.25, -0.2) is 8.42 Å². The number of benzene rings is 2. The van der Waals surface area contributed by atoms with Crippen LogP contribution in [0.5, 0.6) is 11.5 Å². The largest absolute Gasteiger partial charge is 0.493 e. The van der Waals surface area contributed by atoms with Crippen molar-refractivity contribution >= 4 is 21.7 Å². The van der Waals surface area contributed by atoms with Crippen molar-refractivity contribution in [3.05, 3.63) is 47.0 Å². The molecule has 0 amide bonds. The molecule has 0 atom stereocenters. The van der Waals surface area contributed by atoms with Crippen molar-refractivity contribution in [3.63, 3.8) is 0 Å². The van der Waals surface area contributed by atoms with Gasteiger partial charge in [-0.2, -0.15) is 0 Å². The van der Waals surface area contributed by atoms with Crippen molar-refractivity contribution in [1.82, 2.24) is 0 Å². The minimum Gasteiger partial charge on any atom is -0.493 e. The highest BCUT2D eigenvalue weighted by molar-refractivity contribution is 7.92. The summed E-state index contributed by atoms with van der Waals surface area (Å²) in [6.45, 7) is 6.68. The van der Waals surface area contributed by atoms with Gasteiger partial charge in [-0.05, 0) is 44.0 Å². The summed E-state index contributed by atoms with van der Waals surface area (Å²) < 4.78 is 38.2. The van der Waals surface area contributed by atoms with E-state index in [1.807, 2.05) is 6.92 Å². The van der Waals surface area contributed by atoms with Crippen molar-refractivity contribution in [2.45, 2.75) is 32.6 Å². The van der Waals surface area contributed by atoms with Gasteiger partial charge in [0.1, 0.15) is 0 Å². The summed E-state index contributed by atoms with van der Waals surface area (Å²) in [5, 5.41) is 0. The van der Waals surface area contributed by atoms with E-state index in [-0.39, 0.29) is 10.6 Å². The van der Waals surface area contributed by atoms with Crippen LogP contribution in [0, 0.1) is 20.8 Å². The summed E-state index contributed by atoms with van der Waals surface area (Å²) >= 11 is 0. The quantitative estimate of drug-likeness (QED) is 0.651. The van der Waals surface area contributed by atoms with Gasteiger partial charge in [0.2, 0.25) is 0 Å². The molecule has 0 saturated heterocycles. The molecule has 0 unspecified atom stereocenters. The predicted molar refractivity (Wildman–Crippen MR) is 95.8 cm³/mol. The molecule has 25 heavy (non-hydrogen) atoms. The summed E-state index contributed by atoms with van der Waals surface area (Å²) in [4.78, 5) is 11.5. The monoisotopic (exact) mass is 363 g/mol. The van der Waals surface area contributed by atoms with Gasteiger partial charge >= 0.3 is 5.97 Å². The maximum absolute atomic E-state index is 12.6. The van der Waals surface area contributed by atoms with Gasteiger partial charge in [-0.15, -0.1) is 0 Å². The van der Waals surface area contributed by atoms with E-state index in [1.165, 1.54) is 32.2 Å². The van der Waals surface area contributed by atoms with Crippen LogP contribution in [0.15, 0.2) is 35.2 Å². The normalized spacial score (nSPS) is 11.1. The second-order valence-electron chi connectivity index (χ2n) is 5.72. The summed E-state index contributed by atoms with van der Waals surface area (Å²) in [6, 6.07) is 7.98. The summed E-state index contributed by atoms with van der Waals surface area (Å²) in [5.41, 5.74) is 2.66. The van der Waals surface area contributed by atoms with Crippen molar-refractivity contribution in [1.29, 1.82) is 0 Å². The maximum atomic E-state index is 12.6. The number of hydrogen-bond acceptors (Lipinski definition) is 5. The molecular weight excluding hydrogens is 342 g/mol. The molecule has 134 valence electrons. The van der Waals surface area contributed by atoms with Crippen LogP contribution < -0.4 is 14.2 Å². The first kappa shape index (κ1) is 18.8. The fraction of sp³-hybridized carbons (Fsp3) is 0.278. The van der Waals surface area contributed by atoms with Crippen LogP contribution in [0.25, 0.3) is 0 Å². The van der Waals surface area contributed by atoms with E-state index in [0.29, 0.717) is 22.6 Å². The first-order valence-corrected chi connectivity index (χ1v) is 9.10. The Balaban J connectivity index is 2.50. The molecule has 2 rings (SSSR count). The molecule has 0 radical (unpaired) electrons. The Morgan fingerprint density at radius 2 is 1.64 bits per heavy atom. The minimum absolute atomic E-state index is 0.153. The number of carbonyl (C=O) groups excluding carboxylic acids is 1. The smallest absolute Gasteiger partial charge is 0.308 e. The number of esters is 1. The molecule has 0 fully saturated rings. The molecule has 6 nitrogen and oxygen atoms in total. The number of sulfonamides is 1. The lowest BCUT2D eigenvalue weighted by molar-refractivity contribution is -0.132. The molecule has 2 aromatic rings. The number of ether oxygens (including phenoxy) is 2. The molecule has 0 spiro atoms. The first-order valence-electron chi connectivity index (χ1n) is 7.62. The summed E-state index contributed by atoms with van der Waals surface area (Å²) in [5.74, 6) is 0.0413. The van der Waals surface area contributed by atoms with Crippen LogP contribution in [0.3, 0.4) is 0 Å². The van der Waals surface area contributed by atoms with Crippen LogP contribution in [-0.2, 0) is 14.8 Å². The molecule has 0 aromatic heterocycles. The molecular formula is C18H21NO5S. The van der Waals surface area contributed by atoms with Gasteiger partial charge in [-0.3, -0.25) is 9.52 Å². The molecule has 0 aliphatic carbocycles. The Bertz CT molecular complexity index is 902. The predicted octanol–water partition coefficient (Wildman–Crippen LogP) is 3.35. The second-order valence-corrected chi connectivity index (χ2v) is 7.40. The highest BCUT2D eigenvalue weighted by atomic mass is 32.2. The lowest BCUT2D eigenvalue weighted by Gasteiger charge is -2.18. The average molecular weight is 363 g/mol. The molecule has 0 saturated carbocycles. The number of methoxy groups -OCH3 is 1. The lowest BCUT2D eigenvalue weighted by Crippen LogP contribution is -2.15. The fourth-order valence-electron chi connectivity index (χ4n) is 2.37. The van der Waals surface area contributed by atoms with E-state index >= 15 is 0 Å². The maximum Gasteiger partial charge on any atom is 0.308 e. The zero-order valence-electron chi connectivity index (χ0n) is 14.8. The van der Waals surface area contributed by atoms with Crippen molar-refractivity contribution in [2.24, 2.45) is 0 Å². The molecule has 0 bridgehead atoms. The van der Waals surface area contributed by atoms with Gasteiger partial charge in [-0.1, -0.05) is 17.7 Å². The van der Waals surface area contributed by atoms with E-state index in [0.717, 1.165) is 5.56 Å². The lowest BCUT2D eigenvalue weighted by atomic mass is 10.1. The third-order valence-corrected chi connectivity index (χ3v) is 5.22. The Morgan fingerprint density at radius 3 is 2.16 bits per heavy atom. The van der Waals surface area contributed by atoms with E-state index in [9.17, 15) is 13.2 Å². The van der Waals surface area contributed by atoms with Crippen LogP contribution in [-0.4, -0.2) is 21.5 Å². The van der Waals surface area contributed by atoms with E-state index in [4.69, 9.17) is 9.47 Å². The highest BCUT2D eigenvalue weighted by Crippen LogP contribution is 2.38. The average Bonchev–Trinajstić information content (AvgIpc) is 2.52. The van der Waals surface area contributed by atoms with Crippen LogP contribution in [0.4, 0.5) is 5.69 Å². The Hall–Kier alpha value is -2.54. The molecule has 7 heteroatoms. The molecule has 0 heterocycles. The Kier molecular flexibility index (Phi) is 5.37. The van der Waals surface area contributed by atoms with Crippen molar-refractivity contribution in [2.75, 3.05) is 11.8 Å². The topological polar surface area (TPSA) is 81.7 Å². The number of anilines is 1. The highest BCUT2D eigenvalue weighted by Gasteiger charge is 2.20. The SMILES string of the molecule is COc1c(OC(C)=O)cc(NS(=O)(=O)c2ccc(C)cc2)c(C)c1C. The van der Waals surface area contributed by atoms with Gasteiger partial charge < -0.3 is 9.47 Å². The Morgan fingerprint density at radius 1 is 1.04 bits per heavy atom. The third-order valence-electron chi connectivity index (χ3n) is 3.84. The number of hydrogen-bond donors (Lipinski definition) is 1. The standard InChI is InChI=1S/C18H21NO5S/c1-11-6-8-15(9-7-11)25(21,22)19-16-10-17(24-14(4)20)18(23-5)13(3)12(16)2/h6-10,19H,1-5H3. The van der Waals surface area contributed by atoms with Gasteiger partial charge in [0.05, 0.1) is 17.7 Å². The summed E-state index contributed by atoms with van der Waals surface area (Å²) in [7, 11) is -2.30. The molecule has 0 aliphatic rings. The molecule has 0 aliphatic heterocycles. The number of nitrogens with one attached hydrogen (secondary N) is 1. The zero-order valence-corrected chi connectivity index (χ0v) is 15.7. The number of aryl methyl sites for hydroxylation is 1. The van der Waals surface area contributed by atoms with E-state index in [2.05, 4.69) is 4.72 Å². The second kappa shape index (κ2) is 7.14. The van der Waals surface area contributed by atoms with Crippen LogP contribution >= 0.6 is 0 Å². The number of rotatable bonds is 5. The third kappa shape index (κ3) is 4.11. The van der Waals surface area contributed by atoms with Crippen LogP contribution in [0.1, 0.15) is 23.6 Å². The minimum atomic E-state index is -3.77. The Labute approximate surface area is 147 Å².